The molecular weight excluding hydrogens is 470 g/mol. The van der Waals surface area contributed by atoms with Crippen LogP contribution in [-0.2, 0) is 20.9 Å². The van der Waals surface area contributed by atoms with Gasteiger partial charge in [0.05, 0.1) is 39.1 Å². The summed E-state index contributed by atoms with van der Waals surface area (Å²) in [5.74, 6) is 0.250. The Morgan fingerprint density at radius 2 is 1.73 bits per heavy atom. The van der Waals surface area contributed by atoms with Gasteiger partial charge in [-0.1, -0.05) is 48.6 Å². The van der Waals surface area contributed by atoms with Crippen LogP contribution in [0.5, 0.6) is 5.75 Å². The number of carboxylic acid groups (broad SMARTS) is 1. The van der Waals surface area contributed by atoms with Crippen molar-refractivity contribution in [1.82, 2.24) is 4.90 Å². The van der Waals surface area contributed by atoms with Crippen molar-refractivity contribution in [2.45, 2.75) is 57.0 Å². The van der Waals surface area contributed by atoms with Crippen molar-refractivity contribution in [1.29, 1.82) is 0 Å². The van der Waals surface area contributed by atoms with Crippen LogP contribution in [0.4, 0.5) is 0 Å². The van der Waals surface area contributed by atoms with E-state index in [-0.39, 0.29) is 24.5 Å². The van der Waals surface area contributed by atoms with E-state index in [2.05, 4.69) is 53.5 Å². The number of aliphatic carboxylic acids is 1. The van der Waals surface area contributed by atoms with E-state index in [0.717, 1.165) is 48.4 Å². The van der Waals surface area contributed by atoms with E-state index in [1.54, 1.807) is 7.11 Å². The van der Waals surface area contributed by atoms with Gasteiger partial charge in [-0.15, -0.1) is 0 Å². The van der Waals surface area contributed by atoms with E-state index < -0.39 is 12.1 Å². The van der Waals surface area contributed by atoms with E-state index >= 15 is 0 Å². The minimum atomic E-state index is -0.759. The van der Waals surface area contributed by atoms with E-state index in [1.165, 1.54) is 0 Å². The standard InChI is InChI=1S/C30H39NO6/c1-35-25-14-12-24(13-15-25)23-10-8-22(9-11-23)21-37-28-20-27(32)30(31-16-18-36-19-17-31)26(28)6-4-2-3-5-7-29(33)34/h2,4,8-15,26-28,30,32H,3,5-7,16-21H2,1H3,(H,33,34)/b4-2-/t26-,27-,28-,30+/m0/s1. The number of aliphatic hydroxyl groups is 1. The van der Waals surface area contributed by atoms with Crippen LogP contribution >= 0.6 is 0 Å². The molecule has 2 fully saturated rings. The van der Waals surface area contributed by atoms with E-state index in [4.69, 9.17) is 19.3 Å². The number of hydrogen-bond donors (Lipinski definition) is 2. The Morgan fingerprint density at radius 3 is 2.38 bits per heavy atom. The summed E-state index contributed by atoms with van der Waals surface area (Å²) in [6.45, 7) is 3.51. The number of aliphatic hydroxyl groups excluding tert-OH is 1. The Kier molecular flexibility index (Phi) is 10.1. The average molecular weight is 510 g/mol. The minimum absolute atomic E-state index is 0.0371. The quantitative estimate of drug-likeness (QED) is 0.321. The molecule has 0 unspecified atom stereocenters. The molecule has 0 amide bonds. The lowest BCUT2D eigenvalue weighted by Gasteiger charge is -2.37. The number of allylic oxidation sites excluding steroid dienone is 2. The molecule has 0 aromatic heterocycles. The summed E-state index contributed by atoms with van der Waals surface area (Å²) >= 11 is 0. The molecule has 1 aliphatic heterocycles. The Balaban J connectivity index is 1.38. The summed E-state index contributed by atoms with van der Waals surface area (Å²) in [6.07, 6.45) is 6.70. The van der Waals surface area contributed by atoms with Crippen molar-refractivity contribution in [2.24, 2.45) is 5.92 Å². The molecular formula is C30H39NO6. The largest absolute Gasteiger partial charge is 0.497 e. The van der Waals surface area contributed by atoms with Crippen molar-refractivity contribution in [3.63, 3.8) is 0 Å². The van der Waals surface area contributed by atoms with Crippen LogP contribution in [0.25, 0.3) is 11.1 Å². The molecule has 4 atom stereocenters. The fraction of sp³-hybridized carbons (Fsp3) is 0.500. The number of carboxylic acids is 1. The first-order valence-electron chi connectivity index (χ1n) is 13.3. The zero-order valence-corrected chi connectivity index (χ0v) is 21.6. The topological polar surface area (TPSA) is 88.5 Å². The third-order valence-corrected chi connectivity index (χ3v) is 7.43. The van der Waals surface area contributed by atoms with Crippen LogP contribution in [0.2, 0.25) is 0 Å². The number of morpholine rings is 1. The molecule has 1 saturated carbocycles. The Hall–Kier alpha value is -2.71. The summed E-state index contributed by atoms with van der Waals surface area (Å²) in [7, 11) is 1.67. The maximum absolute atomic E-state index is 11.0. The highest BCUT2D eigenvalue weighted by molar-refractivity contribution is 5.66. The number of carbonyl (C=O) groups is 1. The molecule has 37 heavy (non-hydrogen) atoms. The molecule has 1 aliphatic carbocycles. The molecule has 1 heterocycles. The van der Waals surface area contributed by atoms with Crippen LogP contribution in [-0.4, -0.2) is 72.7 Å². The van der Waals surface area contributed by atoms with Crippen molar-refractivity contribution >= 4 is 5.97 Å². The van der Waals surface area contributed by atoms with Gasteiger partial charge in [-0.3, -0.25) is 9.69 Å². The molecule has 2 aliphatic rings. The van der Waals surface area contributed by atoms with Gasteiger partial charge < -0.3 is 24.4 Å². The fourth-order valence-electron chi connectivity index (χ4n) is 5.45. The van der Waals surface area contributed by atoms with Crippen molar-refractivity contribution in [3.05, 3.63) is 66.2 Å². The van der Waals surface area contributed by atoms with Crippen LogP contribution in [0, 0.1) is 5.92 Å². The van der Waals surface area contributed by atoms with E-state index in [9.17, 15) is 9.90 Å². The number of methoxy groups -OCH3 is 1. The highest BCUT2D eigenvalue weighted by Crippen LogP contribution is 2.36. The van der Waals surface area contributed by atoms with Gasteiger partial charge >= 0.3 is 5.97 Å². The van der Waals surface area contributed by atoms with Crippen molar-refractivity contribution < 1.29 is 29.2 Å². The van der Waals surface area contributed by atoms with Gasteiger partial charge in [0.15, 0.2) is 0 Å². The lowest BCUT2D eigenvalue weighted by molar-refractivity contribution is -0.137. The Bertz CT molecular complexity index is 1000. The maximum Gasteiger partial charge on any atom is 0.303 e. The molecule has 2 N–H and O–H groups in total. The second-order valence-corrected chi connectivity index (χ2v) is 9.87. The summed E-state index contributed by atoms with van der Waals surface area (Å²) < 4.78 is 17.2. The molecule has 7 heteroatoms. The van der Waals surface area contributed by atoms with Gasteiger partial charge in [-0.25, -0.2) is 0 Å². The molecule has 2 aromatic rings. The highest BCUT2D eigenvalue weighted by atomic mass is 16.5. The number of benzene rings is 2. The first-order chi connectivity index (χ1) is 18.0. The molecule has 2 aromatic carbocycles. The smallest absolute Gasteiger partial charge is 0.303 e. The van der Waals surface area contributed by atoms with Crippen LogP contribution in [0.15, 0.2) is 60.7 Å². The second-order valence-electron chi connectivity index (χ2n) is 9.87. The normalized spacial score (nSPS) is 24.5. The molecule has 0 radical (unpaired) electrons. The molecule has 0 spiro atoms. The molecule has 1 saturated heterocycles. The fourth-order valence-corrected chi connectivity index (χ4v) is 5.45. The van der Waals surface area contributed by atoms with Gasteiger partial charge in [-0.05, 0) is 48.1 Å². The number of hydrogen-bond acceptors (Lipinski definition) is 6. The number of rotatable bonds is 12. The lowest BCUT2D eigenvalue weighted by Crippen LogP contribution is -2.50. The van der Waals surface area contributed by atoms with E-state index in [1.807, 2.05) is 12.1 Å². The summed E-state index contributed by atoms with van der Waals surface area (Å²) in [5.41, 5.74) is 3.38. The van der Waals surface area contributed by atoms with Gasteiger partial charge in [0.2, 0.25) is 0 Å². The monoisotopic (exact) mass is 509 g/mol. The third-order valence-electron chi connectivity index (χ3n) is 7.43. The lowest BCUT2D eigenvalue weighted by atomic mass is 9.94. The summed E-state index contributed by atoms with van der Waals surface area (Å²) in [5, 5.41) is 19.9. The van der Waals surface area contributed by atoms with Crippen molar-refractivity contribution in [3.8, 4) is 16.9 Å². The highest BCUT2D eigenvalue weighted by Gasteiger charge is 2.45. The third kappa shape index (κ3) is 7.65. The molecule has 4 rings (SSSR count). The SMILES string of the molecule is COc1ccc(-c2ccc(CO[C@H]3C[C@H](O)[C@H](N4CCOCC4)[C@H]3C/C=C\CCCC(=O)O)cc2)cc1. The first-order valence-corrected chi connectivity index (χ1v) is 13.3. The minimum Gasteiger partial charge on any atom is -0.497 e. The van der Waals surface area contributed by atoms with Gasteiger partial charge in [-0.2, -0.15) is 0 Å². The predicted octanol–water partition coefficient (Wildman–Crippen LogP) is 4.53. The Labute approximate surface area is 219 Å². The van der Waals surface area contributed by atoms with Gasteiger partial charge in [0.1, 0.15) is 5.75 Å². The Morgan fingerprint density at radius 1 is 1.05 bits per heavy atom. The molecule has 7 nitrogen and oxygen atoms in total. The van der Waals surface area contributed by atoms with Crippen molar-refractivity contribution in [2.75, 3.05) is 33.4 Å². The number of nitrogens with zero attached hydrogens (tertiary/aromatic N) is 1. The van der Waals surface area contributed by atoms with Gasteiger partial charge in [0, 0.05) is 37.9 Å². The van der Waals surface area contributed by atoms with Crippen LogP contribution in [0.1, 0.15) is 37.7 Å². The predicted molar refractivity (Wildman–Crippen MR) is 143 cm³/mol. The molecule has 0 bridgehead atoms. The first kappa shape index (κ1) is 27.3. The average Bonchev–Trinajstić information content (AvgIpc) is 3.24. The van der Waals surface area contributed by atoms with Crippen LogP contribution < -0.4 is 4.74 Å². The van der Waals surface area contributed by atoms with Crippen LogP contribution in [0.3, 0.4) is 0 Å². The zero-order valence-electron chi connectivity index (χ0n) is 21.6. The molecule has 200 valence electrons. The maximum atomic E-state index is 11.0. The second kappa shape index (κ2) is 13.7. The number of unbranched alkanes of at least 4 members (excludes halogenated alkanes) is 1. The van der Waals surface area contributed by atoms with Gasteiger partial charge in [0.25, 0.3) is 0 Å². The van der Waals surface area contributed by atoms with E-state index in [0.29, 0.717) is 32.7 Å². The number of ether oxygens (including phenoxy) is 3. The summed E-state index contributed by atoms with van der Waals surface area (Å²) in [6, 6.07) is 16.5. The summed E-state index contributed by atoms with van der Waals surface area (Å²) in [4.78, 5) is 13.1. The zero-order chi connectivity index (χ0) is 26.0.